The number of aliphatic hydroxyl groups excluding tert-OH is 1. The van der Waals surface area contributed by atoms with Crippen LogP contribution in [0.3, 0.4) is 0 Å². The lowest BCUT2D eigenvalue weighted by Crippen LogP contribution is -2.31. The number of hydrogen-bond acceptors (Lipinski definition) is 3. The zero-order valence-electron chi connectivity index (χ0n) is 13.3. The second-order valence-corrected chi connectivity index (χ2v) is 6.27. The Kier molecular flexibility index (Phi) is 5.70. The highest BCUT2D eigenvalue weighted by molar-refractivity contribution is 5.51. The third-order valence-electron chi connectivity index (χ3n) is 4.12. The molecule has 0 amide bonds. The molecule has 1 unspecified atom stereocenters. The molecule has 8 heteroatoms. The predicted octanol–water partition coefficient (Wildman–Crippen LogP) is 3.94. The first-order chi connectivity index (χ1) is 11.1. The van der Waals surface area contributed by atoms with E-state index in [1.54, 1.807) is 0 Å². The third kappa shape index (κ3) is 5.31. The summed E-state index contributed by atoms with van der Waals surface area (Å²) in [7, 11) is 0. The Morgan fingerprint density at radius 2 is 1.71 bits per heavy atom. The van der Waals surface area contributed by atoms with Gasteiger partial charge in [0.25, 0.3) is 5.92 Å². The Morgan fingerprint density at radius 1 is 1.12 bits per heavy atom. The molecule has 0 radical (unpaired) electrons. The van der Waals surface area contributed by atoms with Gasteiger partial charge in [-0.2, -0.15) is 13.2 Å². The maximum absolute atomic E-state index is 13.4. The Labute approximate surface area is 137 Å². The normalized spacial score (nSPS) is 18.5. The van der Waals surface area contributed by atoms with Gasteiger partial charge in [0.2, 0.25) is 0 Å². The van der Waals surface area contributed by atoms with E-state index in [9.17, 15) is 27.1 Å². The summed E-state index contributed by atoms with van der Waals surface area (Å²) in [6.07, 6.45) is -3.75. The van der Waals surface area contributed by atoms with Crippen LogP contribution in [0.25, 0.3) is 0 Å². The number of halogens is 5. The lowest BCUT2D eigenvalue weighted by molar-refractivity contribution is -0.137. The summed E-state index contributed by atoms with van der Waals surface area (Å²) < 4.78 is 65.6. The van der Waals surface area contributed by atoms with Crippen molar-refractivity contribution in [1.82, 2.24) is 5.32 Å². The van der Waals surface area contributed by atoms with E-state index in [0.29, 0.717) is 19.4 Å². The number of hydrogen-bond donors (Lipinski definition) is 3. The molecule has 1 aromatic carbocycles. The van der Waals surface area contributed by atoms with E-state index in [1.165, 1.54) is 0 Å². The molecule has 24 heavy (non-hydrogen) atoms. The monoisotopic (exact) mass is 352 g/mol. The highest BCUT2D eigenvalue weighted by atomic mass is 19.4. The summed E-state index contributed by atoms with van der Waals surface area (Å²) in [5.74, 6) is -3.16. The van der Waals surface area contributed by atoms with Gasteiger partial charge < -0.3 is 15.7 Å². The molecule has 1 atom stereocenters. The minimum atomic E-state index is -4.74. The SMILES string of the molecule is CC(F)(F)c1cc(NC(O)CC2CCNCC2)cc(C(F)(F)F)c1. The Morgan fingerprint density at radius 3 is 2.25 bits per heavy atom. The fourth-order valence-corrected chi connectivity index (χ4v) is 2.81. The topological polar surface area (TPSA) is 44.3 Å². The van der Waals surface area contributed by atoms with Crippen LogP contribution in [-0.4, -0.2) is 24.4 Å². The summed E-state index contributed by atoms with van der Waals surface area (Å²) >= 11 is 0. The van der Waals surface area contributed by atoms with Crippen molar-refractivity contribution in [3.05, 3.63) is 29.3 Å². The van der Waals surface area contributed by atoms with E-state index in [2.05, 4.69) is 10.6 Å². The van der Waals surface area contributed by atoms with E-state index < -0.39 is 29.5 Å². The molecule has 0 saturated carbocycles. The largest absolute Gasteiger partial charge is 0.416 e. The third-order valence-corrected chi connectivity index (χ3v) is 4.12. The minimum absolute atomic E-state index is 0.164. The van der Waals surface area contributed by atoms with Crippen LogP contribution in [0.4, 0.5) is 27.6 Å². The maximum atomic E-state index is 13.4. The molecule has 1 aromatic rings. The van der Waals surface area contributed by atoms with Crippen molar-refractivity contribution < 1.29 is 27.1 Å². The lowest BCUT2D eigenvalue weighted by Gasteiger charge is -2.26. The number of benzene rings is 1. The average Bonchev–Trinajstić information content (AvgIpc) is 2.46. The zero-order valence-corrected chi connectivity index (χ0v) is 13.3. The van der Waals surface area contributed by atoms with Gasteiger partial charge >= 0.3 is 6.18 Å². The van der Waals surface area contributed by atoms with Crippen molar-refractivity contribution in [3.63, 3.8) is 0 Å². The van der Waals surface area contributed by atoms with Gasteiger partial charge in [0.1, 0.15) is 6.23 Å². The number of anilines is 1. The van der Waals surface area contributed by atoms with Crippen molar-refractivity contribution in [2.75, 3.05) is 18.4 Å². The van der Waals surface area contributed by atoms with Gasteiger partial charge in [-0.25, -0.2) is 8.78 Å². The zero-order chi connectivity index (χ0) is 18.0. The molecule has 1 heterocycles. The first-order valence-corrected chi connectivity index (χ1v) is 7.81. The van der Waals surface area contributed by atoms with Crippen LogP contribution in [0.1, 0.15) is 37.3 Å². The first kappa shape index (κ1) is 18.9. The van der Waals surface area contributed by atoms with Gasteiger partial charge in [-0.1, -0.05) is 0 Å². The molecule has 136 valence electrons. The fraction of sp³-hybridized carbons (Fsp3) is 0.625. The second-order valence-electron chi connectivity index (χ2n) is 6.27. The van der Waals surface area contributed by atoms with Gasteiger partial charge in [-0.15, -0.1) is 0 Å². The Hall–Kier alpha value is -1.41. The molecule has 3 N–H and O–H groups in total. The molecule has 1 aliphatic rings. The van der Waals surface area contributed by atoms with Crippen molar-refractivity contribution in [3.8, 4) is 0 Å². The molecular weight excluding hydrogens is 331 g/mol. The molecule has 2 rings (SSSR count). The standard InChI is InChI=1S/C16H21F5N2O/c1-15(17,18)11-7-12(16(19,20)21)9-13(8-11)23-14(24)6-10-2-4-22-5-3-10/h7-10,14,22-24H,2-6H2,1H3. The van der Waals surface area contributed by atoms with Crippen LogP contribution < -0.4 is 10.6 Å². The van der Waals surface area contributed by atoms with E-state index in [1.807, 2.05) is 0 Å². The molecule has 0 aliphatic carbocycles. The number of aliphatic hydroxyl groups is 1. The fourth-order valence-electron chi connectivity index (χ4n) is 2.81. The van der Waals surface area contributed by atoms with Gasteiger partial charge in [0.15, 0.2) is 0 Å². The van der Waals surface area contributed by atoms with Gasteiger partial charge in [0, 0.05) is 18.2 Å². The van der Waals surface area contributed by atoms with Crippen LogP contribution in [0.15, 0.2) is 18.2 Å². The van der Waals surface area contributed by atoms with Crippen LogP contribution in [0.2, 0.25) is 0 Å². The molecule has 1 fully saturated rings. The molecule has 1 saturated heterocycles. The highest BCUT2D eigenvalue weighted by Crippen LogP contribution is 2.37. The number of alkyl halides is 5. The van der Waals surface area contributed by atoms with Crippen LogP contribution in [0.5, 0.6) is 0 Å². The van der Waals surface area contributed by atoms with Gasteiger partial charge in [-0.3, -0.25) is 0 Å². The average molecular weight is 352 g/mol. The predicted molar refractivity (Wildman–Crippen MR) is 80.9 cm³/mol. The summed E-state index contributed by atoms with van der Waals surface area (Å²) in [6.45, 7) is 2.19. The summed E-state index contributed by atoms with van der Waals surface area (Å²) in [4.78, 5) is 0. The number of nitrogens with one attached hydrogen (secondary N) is 2. The molecule has 1 aliphatic heterocycles. The van der Waals surface area contributed by atoms with Crippen molar-refractivity contribution in [2.45, 2.75) is 44.5 Å². The molecule has 0 spiro atoms. The van der Waals surface area contributed by atoms with Gasteiger partial charge in [-0.05, 0) is 56.5 Å². The van der Waals surface area contributed by atoms with Crippen molar-refractivity contribution >= 4 is 5.69 Å². The van der Waals surface area contributed by atoms with E-state index in [-0.39, 0.29) is 11.6 Å². The quantitative estimate of drug-likeness (QED) is 0.556. The van der Waals surface area contributed by atoms with E-state index in [0.717, 1.165) is 38.1 Å². The molecule has 0 aromatic heterocycles. The summed E-state index contributed by atoms with van der Waals surface area (Å²) in [6, 6.07) is 2.12. The molecule has 3 nitrogen and oxygen atoms in total. The Balaban J connectivity index is 2.15. The van der Waals surface area contributed by atoms with E-state index in [4.69, 9.17) is 0 Å². The maximum Gasteiger partial charge on any atom is 0.416 e. The minimum Gasteiger partial charge on any atom is -0.374 e. The highest BCUT2D eigenvalue weighted by Gasteiger charge is 2.34. The molecule has 0 bridgehead atoms. The van der Waals surface area contributed by atoms with Gasteiger partial charge in [0.05, 0.1) is 5.56 Å². The van der Waals surface area contributed by atoms with Crippen LogP contribution in [-0.2, 0) is 12.1 Å². The van der Waals surface area contributed by atoms with Crippen LogP contribution in [0, 0.1) is 5.92 Å². The van der Waals surface area contributed by atoms with Crippen molar-refractivity contribution in [2.24, 2.45) is 5.92 Å². The van der Waals surface area contributed by atoms with Crippen LogP contribution >= 0.6 is 0 Å². The Bertz CT molecular complexity index is 518. The lowest BCUT2D eigenvalue weighted by atomic mass is 9.94. The van der Waals surface area contributed by atoms with Crippen molar-refractivity contribution in [1.29, 1.82) is 0 Å². The number of piperidine rings is 1. The number of rotatable bonds is 5. The summed E-state index contributed by atoms with van der Waals surface area (Å²) in [5.41, 5.74) is -2.07. The molecular formula is C16H21F5N2O. The first-order valence-electron chi connectivity index (χ1n) is 7.81. The summed E-state index contributed by atoms with van der Waals surface area (Å²) in [5, 5.41) is 15.7. The smallest absolute Gasteiger partial charge is 0.374 e. The second kappa shape index (κ2) is 7.23. The van der Waals surface area contributed by atoms with E-state index >= 15 is 0 Å².